The highest BCUT2D eigenvalue weighted by Gasteiger charge is 2.47. The minimum atomic E-state index is -3.64. The Morgan fingerprint density at radius 2 is 1.71 bits per heavy atom. The molecule has 1 aliphatic heterocycles. The van der Waals surface area contributed by atoms with E-state index in [0.29, 0.717) is 22.6 Å². The normalized spacial score (nSPS) is 18.0. The van der Waals surface area contributed by atoms with Gasteiger partial charge in [-0.05, 0) is 23.8 Å². The van der Waals surface area contributed by atoms with Crippen LogP contribution in [-0.4, -0.2) is 21.8 Å². The van der Waals surface area contributed by atoms with Gasteiger partial charge in [0.15, 0.2) is 0 Å². The summed E-state index contributed by atoms with van der Waals surface area (Å²) in [6.45, 7) is 0. The number of nitrogens with one attached hydrogen (secondary N) is 1. The van der Waals surface area contributed by atoms with Crippen LogP contribution in [0.25, 0.3) is 11.1 Å². The number of fused-ring (bicyclic) bond motifs is 3. The maximum atomic E-state index is 12.4. The summed E-state index contributed by atoms with van der Waals surface area (Å²) in [5.41, 5.74) is 1.52. The van der Waals surface area contributed by atoms with Crippen LogP contribution in [0.5, 0.6) is 11.5 Å². The molecule has 0 amide bonds. The van der Waals surface area contributed by atoms with Gasteiger partial charge in [0, 0.05) is 15.6 Å². The van der Waals surface area contributed by atoms with Crippen molar-refractivity contribution in [3.8, 4) is 22.6 Å². The van der Waals surface area contributed by atoms with Crippen LogP contribution in [0, 0.1) is 0 Å². The van der Waals surface area contributed by atoms with E-state index in [2.05, 4.69) is 20.7 Å². The molecular weight excluding hydrogens is 442 g/mol. The van der Waals surface area contributed by atoms with Crippen molar-refractivity contribution in [3.63, 3.8) is 0 Å². The van der Waals surface area contributed by atoms with E-state index in [1.807, 2.05) is 66.7 Å². The number of methoxy groups -OCH3 is 1. The van der Waals surface area contributed by atoms with Crippen LogP contribution in [0.3, 0.4) is 0 Å². The quantitative estimate of drug-likeness (QED) is 0.632. The number of sulfonamides is 1. The van der Waals surface area contributed by atoms with Crippen molar-refractivity contribution in [2.75, 3.05) is 13.4 Å². The summed E-state index contributed by atoms with van der Waals surface area (Å²) in [5, 5.41) is 0. The SMILES string of the molecule is COc1cccc2c1-c1cccc(Br)c1C(NS(C)(=O)=O)(c1ccccc1)O2. The third kappa shape index (κ3) is 3.09. The van der Waals surface area contributed by atoms with Gasteiger partial charge in [-0.15, -0.1) is 0 Å². The van der Waals surface area contributed by atoms with Crippen molar-refractivity contribution >= 4 is 26.0 Å². The highest BCUT2D eigenvalue weighted by atomic mass is 79.9. The summed E-state index contributed by atoms with van der Waals surface area (Å²) in [6.07, 6.45) is 1.12. The van der Waals surface area contributed by atoms with E-state index in [4.69, 9.17) is 9.47 Å². The summed E-state index contributed by atoms with van der Waals surface area (Å²) >= 11 is 3.61. The summed E-state index contributed by atoms with van der Waals surface area (Å²) in [7, 11) is -2.04. The Bertz CT molecular complexity index is 1150. The van der Waals surface area contributed by atoms with Gasteiger partial charge in [0.05, 0.1) is 18.9 Å². The molecule has 28 heavy (non-hydrogen) atoms. The minimum absolute atomic E-state index is 0.532. The predicted molar refractivity (Wildman–Crippen MR) is 112 cm³/mol. The highest BCUT2D eigenvalue weighted by Crippen LogP contribution is 2.52. The second kappa shape index (κ2) is 6.92. The Balaban J connectivity index is 2.12. The molecule has 0 bridgehead atoms. The molecule has 3 aromatic rings. The van der Waals surface area contributed by atoms with Gasteiger partial charge >= 0.3 is 0 Å². The molecule has 5 nitrogen and oxygen atoms in total. The molecule has 0 aromatic heterocycles. The van der Waals surface area contributed by atoms with Crippen LogP contribution in [0.4, 0.5) is 0 Å². The van der Waals surface area contributed by atoms with Gasteiger partial charge in [-0.2, -0.15) is 4.72 Å². The predicted octanol–water partition coefficient (Wildman–Crippen LogP) is 4.27. The second-order valence-corrected chi connectivity index (χ2v) is 9.12. The van der Waals surface area contributed by atoms with Gasteiger partial charge in [0.2, 0.25) is 15.7 Å². The molecule has 1 heterocycles. The first-order valence-corrected chi connectivity index (χ1v) is 11.2. The van der Waals surface area contributed by atoms with E-state index in [1.165, 1.54) is 0 Å². The monoisotopic (exact) mass is 459 g/mol. The molecule has 1 unspecified atom stereocenters. The standard InChI is InChI=1S/C21H18BrNO4S/c1-26-17-12-7-13-18-19(17)15-10-6-11-16(22)20(15)21(27-18,23-28(2,24)25)14-8-4-3-5-9-14/h3-13,23H,1-2H3. The maximum Gasteiger partial charge on any atom is 0.227 e. The van der Waals surface area contributed by atoms with Crippen molar-refractivity contribution in [2.24, 2.45) is 0 Å². The van der Waals surface area contributed by atoms with E-state index in [9.17, 15) is 8.42 Å². The zero-order valence-corrected chi connectivity index (χ0v) is 17.7. The van der Waals surface area contributed by atoms with Crippen molar-refractivity contribution in [3.05, 3.63) is 82.3 Å². The Kier molecular flexibility index (Phi) is 4.69. The number of hydrogen-bond donors (Lipinski definition) is 1. The van der Waals surface area contributed by atoms with E-state index in [-0.39, 0.29) is 0 Å². The molecule has 0 fully saturated rings. The molecule has 0 spiro atoms. The lowest BCUT2D eigenvalue weighted by Gasteiger charge is -2.41. The molecular formula is C21H18BrNO4S. The molecule has 7 heteroatoms. The van der Waals surface area contributed by atoms with Crippen molar-refractivity contribution in [1.29, 1.82) is 0 Å². The summed E-state index contributed by atoms with van der Waals surface area (Å²) in [4.78, 5) is 0. The lowest BCUT2D eigenvalue weighted by molar-refractivity contribution is 0.0942. The highest BCUT2D eigenvalue weighted by molar-refractivity contribution is 9.10. The van der Waals surface area contributed by atoms with Gasteiger partial charge in [0.25, 0.3) is 0 Å². The van der Waals surface area contributed by atoms with E-state index in [0.717, 1.165) is 21.9 Å². The van der Waals surface area contributed by atoms with Gasteiger partial charge in [-0.1, -0.05) is 64.5 Å². The Morgan fingerprint density at radius 3 is 2.39 bits per heavy atom. The zero-order valence-electron chi connectivity index (χ0n) is 15.3. The molecule has 0 radical (unpaired) electrons. The molecule has 0 saturated heterocycles. The topological polar surface area (TPSA) is 64.6 Å². The van der Waals surface area contributed by atoms with E-state index >= 15 is 0 Å². The first-order chi connectivity index (χ1) is 13.4. The van der Waals surface area contributed by atoms with Gasteiger partial charge < -0.3 is 9.47 Å². The summed E-state index contributed by atoms with van der Waals surface area (Å²) in [5.74, 6) is 1.18. The van der Waals surface area contributed by atoms with Crippen LogP contribution in [0.2, 0.25) is 0 Å². The van der Waals surface area contributed by atoms with E-state index < -0.39 is 15.7 Å². The van der Waals surface area contributed by atoms with Gasteiger partial charge in [-0.3, -0.25) is 0 Å². The average molecular weight is 460 g/mol. The van der Waals surface area contributed by atoms with E-state index in [1.54, 1.807) is 7.11 Å². The van der Waals surface area contributed by atoms with Crippen LogP contribution >= 0.6 is 15.9 Å². The van der Waals surface area contributed by atoms with Crippen LogP contribution in [0.1, 0.15) is 11.1 Å². The van der Waals surface area contributed by atoms with Crippen molar-refractivity contribution in [2.45, 2.75) is 5.72 Å². The van der Waals surface area contributed by atoms with Gasteiger partial charge in [-0.25, -0.2) is 8.42 Å². The second-order valence-electron chi connectivity index (χ2n) is 6.52. The zero-order chi connectivity index (χ0) is 19.9. The van der Waals surface area contributed by atoms with Gasteiger partial charge in [0.1, 0.15) is 11.5 Å². The number of halogens is 1. The fraction of sp³-hybridized carbons (Fsp3) is 0.143. The summed E-state index contributed by atoms with van der Waals surface area (Å²) < 4.78 is 40.3. The van der Waals surface area contributed by atoms with Crippen LogP contribution in [0.15, 0.2) is 71.2 Å². The lowest BCUT2D eigenvalue weighted by atomic mass is 9.85. The molecule has 0 saturated carbocycles. The Morgan fingerprint density at radius 1 is 1.00 bits per heavy atom. The Labute approximate surface area is 172 Å². The molecule has 0 aliphatic carbocycles. The number of benzene rings is 3. The first kappa shape index (κ1) is 19.0. The van der Waals surface area contributed by atoms with Crippen LogP contribution in [-0.2, 0) is 15.7 Å². The maximum absolute atomic E-state index is 12.4. The Hall–Kier alpha value is -2.35. The molecule has 1 aliphatic rings. The average Bonchev–Trinajstić information content (AvgIpc) is 2.66. The fourth-order valence-corrected chi connectivity index (χ4v) is 5.03. The smallest absolute Gasteiger partial charge is 0.227 e. The lowest BCUT2D eigenvalue weighted by Crippen LogP contribution is -2.52. The number of rotatable bonds is 4. The largest absolute Gasteiger partial charge is 0.496 e. The first-order valence-electron chi connectivity index (χ1n) is 8.55. The number of hydrogen-bond acceptors (Lipinski definition) is 4. The third-order valence-corrected chi connectivity index (χ3v) is 5.93. The molecule has 3 aromatic carbocycles. The van der Waals surface area contributed by atoms with Crippen LogP contribution < -0.4 is 14.2 Å². The number of ether oxygens (including phenoxy) is 2. The molecule has 1 atom stereocenters. The molecule has 1 N–H and O–H groups in total. The van der Waals surface area contributed by atoms with Crippen molar-refractivity contribution < 1.29 is 17.9 Å². The van der Waals surface area contributed by atoms with Crippen molar-refractivity contribution in [1.82, 2.24) is 4.72 Å². The minimum Gasteiger partial charge on any atom is -0.496 e. The molecule has 144 valence electrons. The fourth-order valence-electron chi connectivity index (χ4n) is 3.61. The summed E-state index contributed by atoms with van der Waals surface area (Å²) in [6, 6.07) is 20.4. The molecule has 4 rings (SSSR count). The third-order valence-electron chi connectivity index (χ3n) is 4.62.